The largest absolute Gasteiger partial charge is 0.344 e. The first-order valence-corrected chi connectivity index (χ1v) is 10.9. The number of benzene rings is 1. The molecule has 3 rings (SSSR count). The van der Waals surface area contributed by atoms with Crippen molar-refractivity contribution in [1.82, 2.24) is 20.2 Å². The van der Waals surface area contributed by atoms with Gasteiger partial charge in [0.1, 0.15) is 6.04 Å². The average Bonchev–Trinajstić information content (AvgIpc) is 3.42. The van der Waals surface area contributed by atoms with Crippen LogP contribution in [0.5, 0.6) is 0 Å². The van der Waals surface area contributed by atoms with E-state index in [4.69, 9.17) is 4.52 Å². The monoisotopic (exact) mass is 406 g/mol. The molecule has 2 N–H and O–H groups in total. The van der Waals surface area contributed by atoms with E-state index in [-0.39, 0.29) is 29.2 Å². The molecule has 1 amide bonds. The van der Waals surface area contributed by atoms with Gasteiger partial charge in [-0.25, -0.2) is 13.1 Å². The minimum atomic E-state index is -3.45. The summed E-state index contributed by atoms with van der Waals surface area (Å²) >= 11 is 0. The van der Waals surface area contributed by atoms with Gasteiger partial charge in [-0.2, -0.15) is 4.98 Å². The second-order valence-electron chi connectivity index (χ2n) is 7.41. The fourth-order valence-corrected chi connectivity index (χ4v) is 3.58. The first kappa shape index (κ1) is 20.5. The highest BCUT2D eigenvalue weighted by atomic mass is 32.2. The summed E-state index contributed by atoms with van der Waals surface area (Å²) in [5, 5.41) is 7.01. The second kappa shape index (κ2) is 8.40. The Morgan fingerprint density at radius 2 is 1.93 bits per heavy atom. The van der Waals surface area contributed by atoms with Crippen molar-refractivity contribution in [1.29, 1.82) is 0 Å². The Labute approximate surface area is 165 Å². The number of rotatable bonds is 9. The van der Waals surface area contributed by atoms with Gasteiger partial charge in [-0.05, 0) is 49.9 Å². The van der Waals surface area contributed by atoms with Crippen molar-refractivity contribution < 1.29 is 17.7 Å². The number of aryl methyl sites for hydroxylation is 1. The van der Waals surface area contributed by atoms with Crippen LogP contribution < -0.4 is 10.0 Å². The lowest BCUT2D eigenvalue weighted by molar-refractivity contribution is -0.122. The molecule has 2 aromatic rings. The second-order valence-corrected chi connectivity index (χ2v) is 9.29. The summed E-state index contributed by atoms with van der Waals surface area (Å²) in [6.45, 7) is 3.99. The molecule has 28 heavy (non-hydrogen) atoms. The van der Waals surface area contributed by atoms with Gasteiger partial charge in [0.05, 0.1) is 4.90 Å². The summed E-state index contributed by atoms with van der Waals surface area (Å²) in [5.41, 5.74) is 0.889. The summed E-state index contributed by atoms with van der Waals surface area (Å²) in [6, 6.07) is 6.19. The minimum absolute atomic E-state index is 0.113. The van der Waals surface area contributed by atoms with Crippen LogP contribution in [0.2, 0.25) is 0 Å². The molecule has 1 saturated carbocycles. The maximum Gasteiger partial charge on any atom is 0.249 e. The summed E-state index contributed by atoms with van der Waals surface area (Å²) < 4.78 is 31.1. The maximum atomic E-state index is 12.4. The zero-order valence-corrected chi connectivity index (χ0v) is 17.1. The van der Waals surface area contributed by atoms with E-state index in [1.807, 2.05) is 13.8 Å². The molecule has 1 heterocycles. The van der Waals surface area contributed by atoms with E-state index in [2.05, 4.69) is 20.2 Å². The van der Waals surface area contributed by atoms with E-state index in [0.29, 0.717) is 18.2 Å². The van der Waals surface area contributed by atoms with Gasteiger partial charge in [-0.3, -0.25) is 4.79 Å². The van der Waals surface area contributed by atoms with E-state index < -0.39 is 10.0 Å². The third kappa shape index (κ3) is 4.96. The Bertz CT molecular complexity index is 918. The van der Waals surface area contributed by atoms with Gasteiger partial charge < -0.3 is 9.84 Å². The molecule has 1 unspecified atom stereocenters. The molecule has 1 fully saturated rings. The van der Waals surface area contributed by atoms with E-state index in [1.165, 1.54) is 19.2 Å². The van der Waals surface area contributed by atoms with E-state index in [0.717, 1.165) is 24.2 Å². The van der Waals surface area contributed by atoms with E-state index >= 15 is 0 Å². The Morgan fingerprint density at radius 1 is 1.25 bits per heavy atom. The average molecular weight is 407 g/mol. The highest BCUT2D eigenvalue weighted by Crippen LogP contribution is 2.38. The van der Waals surface area contributed by atoms with Crippen molar-refractivity contribution in [2.45, 2.75) is 56.4 Å². The van der Waals surface area contributed by atoms with Crippen molar-refractivity contribution in [2.24, 2.45) is 5.92 Å². The molecular weight excluding hydrogens is 380 g/mol. The molecule has 1 aromatic heterocycles. The van der Waals surface area contributed by atoms with Gasteiger partial charge in [0.25, 0.3) is 0 Å². The molecule has 0 bridgehead atoms. The number of nitrogens with zero attached hydrogens (tertiary/aromatic N) is 2. The molecule has 1 aromatic carbocycles. The van der Waals surface area contributed by atoms with E-state index in [1.54, 1.807) is 12.1 Å². The quantitative estimate of drug-likeness (QED) is 0.660. The van der Waals surface area contributed by atoms with Crippen molar-refractivity contribution in [3.8, 4) is 0 Å². The number of sulfonamides is 1. The van der Waals surface area contributed by atoms with Crippen LogP contribution in [0.3, 0.4) is 0 Å². The normalized spacial score (nSPS) is 15.6. The van der Waals surface area contributed by atoms with Crippen LogP contribution in [0.1, 0.15) is 62.3 Å². The molecule has 8 nitrogen and oxygen atoms in total. The summed E-state index contributed by atoms with van der Waals surface area (Å²) in [7, 11) is -2.08. The van der Waals surface area contributed by atoms with Crippen LogP contribution in [0, 0.1) is 5.92 Å². The molecule has 0 spiro atoms. The van der Waals surface area contributed by atoms with Crippen LogP contribution in [-0.2, 0) is 21.2 Å². The summed E-state index contributed by atoms with van der Waals surface area (Å²) in [6.07, 6.45) is 2.97. The first-order chi connectivity index (χ1) is 13.3. The standard InChI is InChI=1S/C19H26N4O4S/c1-12(2)17(19-22-18(23-27-19)14-7-8-14)21-16(24)11-6-13-4-9-15(10-5-13)28(25,26)20-3/h4-5,9-10,12,14,17,20H,6-8,11H2,1-3H3,(H,21,24). The first-order valence-electron chi connectivity index (χ1n) is 9.45. The van der Waals surface area contributed by atoms with Gasteiger partial charge >= 0.3 is 0 Å². The number of amides is 1. The Hall–Kier alpha value is -2.26. The summed E-state index contributed by atoms with van der Waals surface area (Å²) in [4.78, 5) is 17.1. The molecule has 0 saturated heterocycles. The lowest BCUT2D eigenvalue weighted by Crippen LogP contribution is -2.32. The fourth-order valence-electron chi connectivity index (χ4n) is 2.85. The third-order valence-electron chi connectivity index (χ3n) is 4.79. The lowest BCUT2D eigenvalue weighted by atomic mass is 10.0. The number of aromatic nitrogens is 2. The van der Waals surface area contributed by atoms with Gasteiger partial charge in [0.15, 0.2) is 5.82 Å². The number of nitrogens with one attached hydrogen (secondary N) is 2. The Kier molecular flexibility index (Phi) is 6.14. The van der Waals surface area contributed by atoms with Crippen LogP contribution in [0.4, 0.5) is 0 Å². The molecule has 0 aliphatic heterocycles. The van der Waals surface area contributed by atoms with E-state index in [9.17, 15) is 13.2 Å². The predicted molar refractivity (Wildman–Crippen MR) is 103 cm³/mol. The molecule has 1 aliphatic carbocycles. The summed E-state index contributed by atoms with van der Waals surface area (Å²) in [5.74, 6) is 1.58. The third-order valence-corrected chi connectivity index (χ3v) is 6.22. The Morgan fingerprint density at radius 3 is 2.50 bits per heavy atom. The van der Waals surface area contributed by atoms with Crippen LogP contribution >= 0.6 is 0 Å². The highest BCUT2D eigenvalue weighted by molar-refractivity contribution is 7.89. The van der Waals surface area contributed by atoms with Crippen LogP contribution in [-0.4, -0.2) is 31.5 Å². The maximum absolute atomic E-state index is 12.4. The topological polar surface area (TPSA) is 114 Å². The van der Waals surface area contributed by atoms with Gasteiger partial charge in [-0.15, -0.1) is 0 Å². The van der Waals surface area contributed by atoms with Crippen molar-refractivity contribution in [3.05, 3.63) is 41.5 Å². The fraction of sp³-hybridized carbons (Fsp3) is 0.526. The molecule has 0 radical (unpaired) electrons. The minimum Gasteiger partial charge on any atom is -0.344 e. The molecule has 9 heteroatoms. The van der Waals surface area contributed by atoms with Crippen molar-refractivity contribution in [2.75, 3.05) is 7.05 Å². The van der Waals surface area contributed by atoms with Gasteiger partial charge in [0.2, 0.25) is 21.8 Å². The van der Waals surface area contributed by atoms with Gasteiger partial charge in [-0.1, -0.05) is 31.1 Å². The van der Waals surface area contributed by atoms with Crippen molar-refractivity contribution in [3.63, 3.8) is 0 Å². The van der Waals surface area contributed by atoms with Gasteiger partial charge in [0, 0.05) is 12.3 Å². The molecule has 152 valence electrons. The van der Waals surface area contributed by atoms with Crippen molar-refractivity contribution >= 4 is 15.9 Å². The lowest BCUT2D eigenvalue weighted by Gasteiger charge is -2.18. The Balaban J connectivity index is 1.57. The number of hydrogen-bond donors (Lipinski definition) is 2. The molecule has 1 atom stereocenters. The zero-order chi connectivity index (χ0) is 20.3. The number of hydrogen-bond acceptors (Lipinski definition) is 6. The van der Waals surface area contributed by atoms with Crippen LogP contribution in [0.15, 0.2) is 33.7 Å². The zero-order valence-electron chi connectivity index (χ0n) is 16.3. The number of carbonyl (C=O) groups excluding carboxylic acids is 1. The smallest absolute Gasteiger partial charge is 0.249 e. The molecular formula is C19H26N4O4S. The number of carbonyl (C=O) groups is 1. The predicted octanol–water partition coefficient (Wildman–Crippen LogP) is 2.30. The van der Waals surface area contributed by atoms with Crippen LogP contribution in [0.25, 0.3) is 0 Å². The molecule has 1 aliphatic rings. The SMILES string of the molecule is CNS(=O)(=O)c1ccc(CCC(=O)NC(c2nc(C3CC3)no2)C(C)C)cc1. The highest BCUT2D eigenvalue weighted by Gasteiger charge is 2.31.